The van der Waals surface area contributed by atoms with Crippen LogP contribution in [0.2, 0.25) is 0 Å². The Morgan fingerprint density at radius 3 is 2.43 bits per heavy atom. The molecule has 0 aromatic heterocycles. The van der Waals surface area contributed by atoms with Crippen molar-refractivity contribution in [1.82, 2.24) is 5.32 Å². The number of nitrogens with two attached hydrogens (primary N) is 1. The molecule has 0 aromatic carbocycles. The van der Waals surface area contributed by atoms with Crippen molar-refractivity contribution >= 4 is 5.91 Å². The summed E-state index contributed by atoms with van der Waals surface area (Å²) >= 11 is 0. The maximum Gasteiger partial charge on any atom is 0.237 e. The zero-order valence-corrected chi connectivity index (χ0v) is 9.63. The van der Waals surface area contributed by atoms with E-state index >= 15 is 0 Å². The highest BCUT2D eigenvalue weighted by Crippen LogP contribution is 2.44. The van der Waals surface area contributed by atoms with Crippen molar-refractivity contribution in [3.8, 4) is 0 Å². The van der Waals surface area contributed by atoms with Crippen LogP contribution < -0.4 is 11.1 Å². The number of hydrogen-bond donors (Lipinski definition) is 2. The molecule has 1 aliphatic rings. The van der Waals surface area contributed by atoms with E-state index in [-0.39, 0.29) is 17.4 Å². The van der Waals surface area contributed by atoms with Crippen molar-refractivity contribution in [2.45, 2.75) is 52.6 Å². The first kappa shape index (κ1) is 11.5. The Hall–Kier alpha value is -0.570. The maximum atomic E-state index is 11.6. The minimum absolute atomic E-state index is 0.00859. The molecule has 2 unspecified atom stereocenters. The summed E-state index contributed by atoms with van der Waals surface area (Å²) in [7, 11) is 0. The third-order valence-corrected chi connectivity index (χ3v) is 2.89. The van der Waals surface area contributed by atoms with Gasteiger partial charge < -0.3 is 11.1 Å². The molecule has 1 amide bonds. The summed E-state index contributed by atoms with van der Waals surface area (Å²) in [5.41, 5.74) is 6.06. The molecule has 1 fully saturated rings. The van der Waals surface area contributed by atoms with Crippen molar-refractivity contribution < 1.29 is 4.79 Å². The van der Waals surface area contributed by atoms with Crippen molar-refractivity contribution in [1.29, 1.82) is 0 Å². The maximum absolute atomic E-state index is 11.6. The van der Waals surface area contributed by atoms with Crippen LogP contribution in [0.1, 0.15) is 40.5 Å². The smallest absolute Gasteiger partial charge is 0.237 e. The molecule has 0 spiro atoms. The van der Waals surface area contributed by atoms with Crippen LogP contribution in [0.5, 0.6) is 0 Å². The van der Waals surface area contributed by atoms with Gasteiger partial charge in [-0.1, -0.05) is 27.7 Å². The largest absolute Gasteiger partial charge is 0.351 e. The summed E-state index contributed by atoms with van der Waals surface area (Å²) in [5, 5.41) is 2.99. The third kappa shape index (κ3) is 2.98. The highest BCUT2D eigenvalue weighted by atomic mass is 16.2. The van der Waals surface area contributed by atoms with Crippen LogP contribution in [0.15, 0.2) is 0 Å². The van der Waals surface area contributed by atoms with E-state index in [9.17, 15) is 4.79 Å². The third-order valence-electron chi connectivity index (χ3n) is 2.89. The lowest BCUT2D eigenvalue weighted by Crippen LogP contribution is -2.43. The van der Waals surface area contributed by atoms with Crippen LogP contribution >= 0.6 is 0 Å². The number of rotatable bonds is 4. The molecule has 14 heavy (non-hydrogen) atoms. The first-order valence-electron chi connectivity index (χ1n) is 5.39. The highest BCUT2D eigenvalue weighted by Gasteiger charge is 2.46. The standard InChI is InChI=1S/C11H22N2O/c1-7(2)5-8(12)10(14)13-9-6-11(9,3)4/h7-9H,5-6,12H2,1-4H3,(H,13,14). The van der Waals surface area contributed by atoms with Crippen LogP contribution in [0, 0.1) is 11.3 Å². The van der Waals surface area contributed by atoms with Gasteiger partial charge in [0.25, 0.3) is 0 Å². The number of carbonyl (C=O) groups is 1. The molecule has 82 valence electrons. The van der Waals surface area contributed by atoms with E-state index in [1.807, 2.05) is 0 Å². The molecule has 0 saturated heterocycles. The summed E-state index contributed by atoms with van der Waals surface area (Å²) < 4.78 is 0. The van der Waals surface area contributed by atoms with Crippen LogP contribution in [-0.4, -0.2) is 18.0 Å². The summed E-state index contributed by atoms with van der Waals surface area (Å²) in [6.07, 6.45) is 1.84. The van der Waals surface area contributed by atoms with Gasteiger partial charge in [0.05, 0.1) is 6.04 Å². The van der Waals surface area contributed by atoms with E-state index in [1.165, 1.54) is 0 Å². The van der Waals surface area contributed by atoms with Gasteiger partial charge in [-0.2, -0.15) is 0 Å². The molecule has 1 saturated carbocycles. The first-order chi connectivity index (χ1) is 6.33. The van der Waals surface area contributed by atoms with E-state index in [0.717, 1.165) is 12.8 Å². The van der Waals surface area contributed by atoms with Crippen LogP contribution in [0.25, 0.3) is 0 Å². The van der Waals surface area contributed by atoms with Gasteiger partial charge in [0.1, 0.15) is 0 Å². The van der Waals surface area contributed by atoms with Gasteiger partial charge in [0.2, 0.25) is 5.91 Å². The van der Waals surface area contributed by atoms with Gasteiger partial charge in [0, 0.05) is 6.04 Å². The van der Waals surface area contributed by atoms with E-state index in [2.05, 4.69) is 33.0 Å². The van der Waals surface area contributed by atoms with E-state index < -0.39 is 0 Å². The fourth-order valence-corrected chi connectivity index (χ4v) is 1.61. The molecular weight excluding hydrogens is 176 g/mol. The molecule has 3 heteroatoms. The zero-order valence-electron chi connectivity index (χ0n) is 9.63. The Morgan fingerprint density at radius 2 is 2.07 bits per heavy atom. The lowest BCUT2D eigenvalue weighted by Gasteiger charge is -2.14. The van der Waals surface area contributed by atoms with Gasteiger partial charge in [-0.05, 0) is 24.2 Å². The van der Waals surface area contributed by atoms with Crippen molar-refractivity contribution in [3.63, 3.8) is 0 Å². The summed E-state index contributed by atoms with van der Waals surface area (Å²) in [6, 6.07) is -0.000359. The van der Waals surface area contributed by atoms with Crippen molar-refractivity contribution in [2.75, 3.05) is 0 Å². The van der Waals surface area contributed by atoms with Gasteiger partial charge in [-0.25, -0.2) is 0 Å². The Bertz CT molecular complexity index is 223. The second-order valence-corrected chi connectivity index (χ2v) is 5.49. The summed E-state index contributed by atoms with van der Waals surface area (Å²) in [4.78, 5) is 11.6. The van der Waals surface area contributed by atoms with Gasteiger partial charge in [-0.15, -0.1) is 0 Å². The van der Waals surface area contributed by atoms with Crippen molar-refractivity contribution in [2.24, 2.45) is 17.1 Å². The molecule has 0 aliphatic heterocycles. The molecule has 0 radical (unpaired) electrons. The highest BCUT2D eigenvalue weighted by molar-refractivity contribution is 5.82. The van der Waals surface area contributed by atoms with Crippen LogP contribution in [0.4, 0.5) is 0 Å². The van der Waals surface area contributed by atoms with E-state index in [1.54, 1.807) is 0 Å². The lowest BCUT2D eigenvalue weighted by atomic mass is 10.0. The Morgan fingerprint density at radius 1 is 1.57 bits per heavy atom. The Labute approximate surface area is 86.4 Å². The Kier molecular flexibility index (Phi) is 3.20. The average Bonchev–Trinajstić information content (AvgIpc) is 2.56. The number of hydrogen-bond acceptors (Lipinski definition) is 2. The molecule has 1 aliphatic carbocycles. The van der Waals surface area contributed by atoms with E-state index in [4.69, 9.17) is 5.73 Å². The predicted molar refractivity (Wildman–Crippen MR) is 57.8 cm³/mol. The second kappa shape index (κ2) is 3.89. The fraction of sp³-hybridized carbons (Fsp3) is 0.909. The van der Waals surface area contributed by atoms with Gasteiger partial charge in [-0.3, -0.25) is 4.79 Å². The molecule has 0 aromatic rings. The summed E-state index contributed by atoms with van der Waals surface area (Å²) in [5.74, 6) is 0.484. The Balaban J connectivity index is 2.29. The molecule has 2 atom stereocenters. The predicted octanol–water partition coefficient (Wildman–Crippen LogP) is 1.27. The zero-order chi connectivity index (χ0) is 10.9. The lowest BCUT2D eigenvalue weighted by molar-refractivity contribution is -0.123. The number of nitrogens with one attached hydrogen (secondary N) is 1. The quantitative estimate of drug-likeness (QED) is 0.715. The first-order valence-corrected chi connectivity index (χ1v) is 5.39. The normalized spacial score (nSPS) is 26.0. The second-order valence-electron chi connectivity index (χ2n) is 5.49. The molecular formula is C11H22N2O. The topological polar surface area (TPSA) is 55.1 Å². The van der Waals surface area contributed by atoms with Gasteiger partial charge in [0.15, 0.2) is 0 Å². The SMILES string of the molecule is CC(C)CC(N)C(=O)NC1CC1(C)C. The molecule has 3 nitrogen and oxygen atoms in total. The van der Waals surface area contributed by atoms with E-state index in [0.29, 0.717) is 12.0 Å². The minimum atomic E-state index is -0.341. The minimum Gasteiger partial charge on any atom is -0.351 e. The molecule has 0 bridgehead atoms. The number of amides is 1. The molecule has 1 rings (SSSR count). The van der Waals surface area contributed by atoms with Crippen LogP contribution in [-0.2, 0) is 4.79 Å². The molecule has 3 N–H and O–H groups in total. The fourth-order valence-electron chi connectivity index (χ4n) is 1.61. The van der Waals surface area contributed by atoms with Crippen molar-refractivity contribution in [3.05, 3.63) is 0 Å². The van der Waals surface area contributed by atoms with Crippen LogP contribution in [0.3, 0.4) is 0 Å². The summed E-state index contributed by atoms with van der Waals surface area (Å²) in [6.45, 7) is 8.47. The molecule has 0 heterocycles. The number of carbonyl (C=O) groups excluding carboxylic acids is 1. The average molecular weight is 198 g/mol. The van der Waals surface area contributed by atoms with Gasteiger partial charge >= 0.3 is 0 Å². The monoisotopic (exact) mass is 198 g/mol.